The zero-order valence-corrected chi connectivity index (χ0v) is 17.3. The van der Waals surface area contributed by atoms with E-state index in [0.717, 1.165) is 10.9 Å². The number of rotatable bonds is 8. The minimum Gasteiger partial charge on any atom is -0.493 e. The Bertz CT molecular complexity index is 1180. The van der Waals surface area contributed by atoms with Crippen LogP contribution in [0.15, 0.2) is 71.3 Å². The van der Waals surface area contributed by atoms with Gasteiger partial charge in [0.15, 0.2) is 28.6 Å². The van der Waals surface area contributed by atoms with Crippen molar-refractivity contribution in [2.45, 2.75) is 13.5 Å². The smallest absolute Gasteiger partial charge is 0.287 e. The average Bonchev–Trinajstić information content (AvgIpc) is 3.24. The number of nitrogens with zero attached hydrogens (tertiary/aromatic N) is 1. The van der Waals surface area contributed by atoms with Gasteiger partial charge in [0.25, 0.3) is 5.91 Å². The molecule has 1 amide bonds. The van der Waals surface area contributed by atoms with Crippen molar-refractivity contribution in [1.82, 2.24) is 10.3 Å². The summed E-state index contributed by atoms with van der Waals surface area (Å²) in [6, 6.07) is 18.2. The predicted molar refractivity (Wildman–Crippen MR) is 116 cm³/mol. The Kier molecular flexibility index (Phi) is 6.03. The third-order valence-electron chi connectivity index (χ3n) is 4.57. The Morgan fingerprint density at radius 1 is 1.03 bits per heavy atom. The van der Waals surface area contributed by atoms with Gasteiger partial charge in [-0.2, -0.15) is 0 Å². The van der Waals surface area contributed by atoms with Crippen molar-refractivity contribution >= 4 is 16.9 Å². The Balaban J connectivity index is 1.39. The average molecular weight is 418 g/mol. The van der Waals surface area contributed by atoms with Crippen LogP contribution in [0.5, 0.6) is 23.1 Å². The second-order valence-corrected chi connectivity index (χ2v) is 6.66. The van der Waals surface area contributed by atoms with E-state index in [0.29, 0.717) is 41.9 Å². The minimum atomic E-state index is -0.316. The first-order chi connectivity index (χ1) is 15.2. The highest BCUT2D eigenvalue weighted by atomic mass is 16.5. The molecule has 31 heavy (non-hydrogen) atoms. The highest BCUT2D eigenvalue weighted by Crippen LogP contribution is 2.30. The number of para-hydroxylation sites is 3. The third kappa shape index (κ3) is 4.61. The van der Waals surface area contributed by atoms with Crippen molar-refractivity contribution in [3.8, 4) is 23.1 Å². The first-order valence-electron chi connectivity index (χ1n) is 9.87. The van der Waals surface area contributed by atoms with Crippen LogP contribution in [0.2, 0.25) is 0 Å². The molecule has 0 aliphatic carbocycles. The van der Waals surface area contributed by atoms with E-state index in [1.165, 1.54) is 0 Å². The fourth-order valence-electron chi connectivity index (χ4n) is 3.08. The summed E-state index contributed by atoms with van der Waals surface area (Å²) in [5.41, 5.74) is 1.37. The number of fused-ring (bicyclic) bond motifs is 1. The fourth-order valence-corrected chi connectivity index (χ4v) is 3.08. The number of nitrogens with one attached hydrogen (secondary N) is 1. The Labute approximate surface area is 179 Å². The second-order valence-electron chi connectivity index (χ2n) is 6.66. The molecule has 0 unspecified atom stereocenters. The van der Waals surface area contributed by atoms with Crippen LogP contribution in [0.4, 0.5) is 0 Å². The molecule has 0 fully saturated rings. The second kappa shape index (κ2) is 9.21. The van der Waals surface area contributed by atoms with Gasteiger partial charge in [-0.15, -0.1) is 0 Å². The van der Waals surface area contributed by atoms with Gasteiger partial charge in [-0.3, -0.25) is 4.79 Å². The first-order valence-corrected chi connectivity index (χ1v) is 9.87. The molecule has 4 aromatic rings. The van der Waals surface area contributed by atoms with Gasteiger partial charge in [-0.1, -0.05) is 30.3 Å². The molecule has 0 aliphatic rings. The van der Waals surface area contributed by atoms with Crippen LogP contribution >= 0.6 is 0 Å². The van der Waals surface area contributed by atoms with Gasteiger partial charge < -0.3 is 23.9 Å². The topological polar surface area (TPSA) is 82.8 Å². The maximum atomic E-state index is 12.5. The minimum absolute atomic E-state index is 0.222. The summed E-state index contributed by atoms with van der Waals surface area (Å²) in [5.74, 6) is 2.18. The van der Waals surface area contributed by atoms with Gasteiger partial charge in [0.1, 0.15) is 0 Å². The number of amides is 1. The lowest BCUT2D eigenvalue weighted by atomic mass is 10.2. The molecule has 7 nitrogen and oxygen atoms in total. The molecule has 0 radical (unpaired) electrons. The van der Waals surface area contributed by atoms with Gasteiger partial charge in [0.05, 0.1) is 13.7 Å². The number of furan rings is 1. The van der Waals surface area contributed by atoms with Crippen molar-refractivity contribution in [2.75, 3.05) is 13.7 Å². The van der Waals surface area contributed by atoms with E-state index in [9.17, 15) is 4.79 Å². The molecule has 1 N–H and O–H groups in total. The molecule has 7 heteroatoms. The third-order valence-corrected chi connectivity index (χ3v) is 4.57. The number of methoxy groups -OCH3 is 1. The number of hydrogen-bond donors (Lipinski definition) is 1. The van der Waals surface area contributed by atoms with Crippen molar-refractivity contribution in [2.24, 2.45) is 0 Å². The van der Waals surface area contributed by atoms with Crippen LogP contribution < -0.4 is 19.5 Å². The maximum absolute atomic E-state index is 12.5. The number of hydrogen-bond acceptors (Lipinski definition) is 6. The molecule has 2 aromatic carbocycles. The van der Waals surface area contributed by atoms with Crippen LogP contribution in [0, 0.1) is 0 Å². The van der Waals surface area contributed by atoms with Gasteiger partial charge >= 0.3 is 0 Å². The number of carbonyl (C=O) groups is 1. The van der Waals surface area contributed by atoms with Crippen LogP contribution in [0.25, 0.3) is 11.0 Å². The SMILES string of the molecule is CCOc1ccccc1Oc1ccc(CNC(=O)c2cc3cccc(OC)c3o2)cn1. The van der Waals surface area contributed by atoms with Gasteiger partial charge in [0, 0.05) is 24.2 Å². The Morgan fingerprint density at radius 2 is 1.84 bits per heavy atom. The normalized spacial score (nSPS) is 10.6. The van der Waals surface area contributed by atoms with Crippen LogP contribution in [-0.2, 0) is 6.54 Å². The molecule has 0 saturated heterocycles. The van der Waals surface area contributed by atoms with Crippen molar-refractivity contribution in [3.63, 3.8) is 0 Å². The monoisotopic (exact) mass is 418 g/mol. The summed E-state index contributed by atoms with van der Waals surface area (Å²) in [7, 11) is 1.56. The lowest BCUT2D eigenvalue weighted by Gasteiger charge is -2.11. The van der Waals surface area contributed by atoms with E-state index >= 15 is 0 Å². The lowest BCUT2D eigenvalue weighted by Crippen LogP contribution is -2.22. The number of aromatic nitrogens is 1. The van der Waals surface area contributed by atoms with Crippen LogP contribution in [0.1, 0.15) is 23.0 Å². The van der Waals surface area contributed by atoms with Crippen molar-refractivity contribution in [3.05, 3.63) is 78.2 Å². The van der Waals surface area contributed by atoms with E-state index in [-0.39, 0.29) is 11.7 Å². The summed E-state index contributed by atoms with van der Waals surface area (Å²) in [6.07, 6.45) is 1.65. The number of carbonyl (C=O) groups excluding carboxylic acids is 1. The highest BCUT2D eigenvalue weighted by Gasteiger charge is 2.14. The fraction of sp³-hybridized carbons (Fsp3) is 0.167. The molecule has 0 saturated carbocycles. The molecule has 0 spiro atoms. The van der Waals surface area contributed by atoms with Gasteiger partial charge in [-0.05, 0) is 36.8 Å². The molecule has 2 aromatic heterocycles. The first kappa shape index (κ1) is 20.3. The van der Waals surface area contributed by atoms with E-state index in [1.54, 1.807) is 31.5 Å². The number of ether oxygens (including phenoxy) is 3. The molecular formula is C24H22N2O5. The molecule has 0 atom stereocenters. The van der Waals surface area contributed by atoms with E-state index in [4.69, 9.17) is 18.6 Å². The quantitative estimate of drug-likeness (QED) is 0.436. The van der Waals surface area contributed by atoms with E-state index < -0.39 is 0 Å². The van der Waals surface area contributed by atoms with Crippen molar-refractivity contribution < 1.29 is 23.4 Å². The molecule has 4 rings (SSSR count). The molecule has 158 valence electrons. The molecule has 0 bridgehead atoms. The molecular weight excluding hydrogens is 396 g/mol. The Hall–Kier alpha value is -4.00. The highest BCUT2D eigenvalue weighted by molar-refractivity contribution is 5.97. The van der Waals surface area contributed by atoms with E-state index in [1.807, 2.05) is 49.4 Å². The summed E-state index contributed by atoms with van der Waals surface area (Å²) < 4.78 is 22.3. The Morgan fingerprint density at radius 3 is 2.58 bits per heavy atom. The zero-order chi connectivity index (χ0) is 21.6. The summed E-state index contributed by atoms with van der Waals surface area (Å²) in [4.78, 5) is 16.8. The summed E-state index contributed by atoms with van der Waals surface area (Å²) in [6.45, 7) is 2.76. The largest absolute Gasteiger partial charge is 0.493 e. The standard InChI is InChI=1S/C24H22N2O5/c1-3-29-18-8-4-5-9-19(18)30-22-12-11-16(14-25-22)15-26-24(27)21-13-17-7-6-10-20(28-2)23(17)31-21/h4-14H,3,15H2,1-2H3,(H,26,27). The summed E-state index contributed by atoms with van der Waals surface area (Å²) >= 11 is 0. The van der Waals surface area contributed by atoms with Crippen LogP contribution in [0.3, 0.4) is 0 Å². The van der Waals surface area contributed by atoms with Crippen LogP contribution in [-0.4, -0.2) is 24.6 Å². The zero-order valence-electron chi connectivity index (χ0n) is 17.3. The lowest BCUT2D eigenvalue weighted by molar-refractivity contribution is 0.0925. The number of pyridine rings is 1. The summed E-state index contributed by atoms with van der Waals surface area (Å²) in [5, 5.41) is 3.64. The van der Waals surface area contributed by atoms with Crippen molar-refractivity contribution in [1.29, 1.82) is 0 Å². The van der Waals surface area contributed by atoms with Gasteiger partial charge in [0.2, 0.25) is 5.88 Å². The van der Waals surface area contributed by atoms with E-state index in [2.05, 4.69) is 10.3 Å². The maximum Gasteiger partial charge on any atom is 0.287 e. The molecule has 2 heterocycles. The number of benzene rings is 2. The van der Waals surface area contributed by atoms with Gasteiger partial charge in [-0.25, -0.2) is 4.98 Å². The predicted octanol–water partition coefficient (Wildman–Crippen LogP) is 4.96. The molecule has 0 aliphatic heterocycles.